The molecule has 1 heterocycles. The minimum atomic E-state index is -0.541. The van der Waals surface area contributed by atoms with E-state index in [1.165, 1.54) is 6.07 Å². The monoisotopic (exact) mass is 420 g/mol. The van der Waals surface area contributed by atoms with E-state index in [4.69, 9.17) is 9.15 Å². The smallest absolute Gasteiger partial charge is 0.344 e. The van der Waals surface area contributed by atoms with Crippen molar-refractivity contribution in [3.63, 3.8) is 0 Å². The second-order valence-electron chi connectivity index (χ2n) is 6.57. The van der Waals surface area contributed by atoms with Crippen LogP contribution in [0, 0.1) is 6.92 Å². The molecule has 144 valence electrons. The number of ether oxygens (including phenoxy) is 1. The molecule has 4 rings (SSSR count). The Kier molecular flexibility index (Phi) is 5.22. The summed E-state index contributed by atoms with van der Waals surface area (Å²) in [6.07, 6.45) is 0. The number of hydrogen-bond acceptors (Lipinski definition) is 6. The highest BCUT2D eigenvalue weighted by Crippen LogP contribution is 2.36. The fraction of sp³-hybridized carbons (Fsp3) is 0.0435. The Labute approximate surface area is 178 Å². The van der Waals surface area contributed by atoms with E-state index >= 15 is 0 Å². The maximum Gasteiger partial charge on any atom is 0.344 e. The molecule has 1 aliphatic carbocycles. The summed E-state index contributed by atoms with van der Waals surface area (Å²) in [5.74, 6) is -0.0208. The first-order valence-electron chi connectivity index (χ1n) is 8.80. The van der Waals surface area contributed by atoms with Crippen molar-refractivity contribution in [1.29, 1.82) is 0 Å². The molecule has 0 N–H and O–H groups in total. The maximum atomic E-state index is 12.5. The van der Waals surface area contributed by atoms with Crippen LogP contribution in [0.25, 0.3) is 22.5 Å². The molecule has 1 aliphatic heterocycles. The molecule has 0 saturated carbocycles. The molecule has 29 heavy (non-hydrogen) atoms. The van der Waals surface area contributed by atoms with Crippen molar-refractivity contribution >= 4 is 31.2 Å². The third kappa shape index (κ3) is 3.95. The number of hydrogen-bond donors (Lipinski definition) is 2. The van der Waals surface area contributed by atoms with Gasteiger partial charge >= 0.3 is 11.6 Å². The molecule has 2 aliphatic rings. The lowest BCUT2D eigenvalue weighted by Crippen LogP contribution is -2.08. The SMILES string of the molecule is Cc1ccc(-c2c3ccc(S)c(OC(=O)c4ccc(S)cc4)cc-3oc2=O)cc1. The van der Waals surface area contributed by atoms with Gasteiger partial charge in [0.2, 0.25) is 0 Å². The summed E-state index contributed by atoms with van der Waals surface area (Å²) in [7, 11) is 0. The van der Waals surface area contributed by atoms with E-state index in [1.807, 2.05) is 31.2 Å². The van der Waals surface area contributed by atoms with Crippen molar-refractivity contribution in [3.05, 3.63) is 88.3 Å². The minimum Gasteiger partial charge on any atom is -0.422 e. The molecule has 2 aromatic rings. The van der Waals surface area contributed by atoms with Crippen molar-refractivity contribution in [2.75, 3.05) is 0 Å². The Morgan fingerprint density at radius 2 is 1.62 bits per heavy atom. The molecular weight excluding hydrogens is 404 g/mol. The average Bonchev–Trinajstić information content (AvgIpc) is 2.93. The fourth-order valence-electron chi connectivity index (χ4n) is 2.98. The van der Waals surface area contributed by atoms with E-state index in [-0.39, 0.29) is 5.75 Å². The van der Waals surface area contributed by atoms with Crippen LogP contribution in [-0.2, 0) is 0 Å². The zero-order valence-corrected chi connectivity index (χ0v) is 17.2. The topological polar surface area (TPSA) is 56.5 Å². The quantitative estimate of drug-likeness (QED) is 0.339. The zero-order chi connectivity index (χ0) is 20.5. The molecule has 6 heteroatoms. The van der Waals surface area contributed by atoms with Crippen LogP contribution >= 0.6 is 25.3 Å². The van der Waals surface area contributed by atoms with E-state index in [1.54, 1.807) is 36.4 Å². The van der Waals surface area contributed by atoms with E-state index in [0.717, 1.165) is 16.0 Å². The summed E-state index contributed by atoms with van der Waals surface area (Å²) in [4.78, 5) is 26.1. The molecule has 0 fully saturated rings. The molecule has 0 spiro atoms. The van der Waals surface area contributed by atoms with Crippen molar-refractivity contribution in [3.8, 4) is 28.2 Å². The number of furan rings is 1. The van der Waals surface area contributed by atoms with E-state index in [2.05, 4.69) is 25.3 Å². The first-order chi connectivity index (χ1) is 13.9. The van der Waals surface area contributed by atoms with Gasteiger partial charge in [-0.05, 0) is 48.9 Å². The first kappa shape index (κ1) is 19.4. The van der Waals surface area contributed by atoms with Gasteiger partial charge < -0.3 is 9.15 Å². The van der Waals surface area contributed by atoms with E-state index in [9.17, 15) is 9.59 Å². The van der Waals surface area contributed by atoms with Gasteiger partial charge in [-0.3, -0.25) is 0 Å². The minimum absolute atomic E-state index is 0.201. The molecule has 0 saturated heterocycles. The number of carbonyl (C=O) groups excluding carboxylic acids is 1. The van der Waals surface area contributed by atoms with Crippen LogP contribution in [0.2, 0.25) is 0 Å². The molecule has 0 radical (unpaired) electrons. The van der Waals surface area contributed by atoms with Gasteiger partial charge in [-0.1, -0.05) is 29.8 Å². The number of fused-ring (bicyclic) bond motifs is 1. The Hall–Kier alpha value is -2.96. The molecule has 2 aromatic carbocycles. The van der Waals surface area contributed by atoms with Gasteiger partial charge in [-0.25, -0.2) is 9.59 Å². The van der Waals surface area contributed by atoms with E-state index < -0.39 is 11.6 Å². The molecule has 4 nitrogen and oxygen atoms in total. The number of thiol groups is 2. The predicted molar refractivity (Wildman–Crippen MR) is 118 cm³/mol. The standard InChI is InChI=1S/C23H16O4S2/c1-13-2-4-14(5-3-13)21-17-10-11-20(29)19(12-18(17)26-23(21)25)27-22(24)15-6-8-16(28)9-7-15/h2-12,28-29H,1H3. The van der Waals surface area contributed by atoms with Crippen molar-refractivity contribution < 1.29 is 13.9 Å². The normalized spacial score (nSPS) is 10.9. The third-order valence-electron chi connectivity index (χ3n) is 4.51. The van der Waals surface area contributed by atoms with Gasteiger partial charge in [0.1, 0.15) is 11.5 Å². The largest absolute Gasteiger partial charge is 0.422 e. The number of aryl methyl sites for hydroxylation is 1. The van der Waals surface area contributed by atoms with Gasteiger partial charge in [0.05, 0.1) is 11.1 Å². The molecule has 0 atom stereocenters. The third-order valence-corrected chi connectivity index (χ3v) is 5.18. The Morgan fingerprint density at radius 3 is 2.31 bits per heavy atom. The van der Waals surface area contributed by atoms with Crippen LogP contribution < -0.4 is 10.4 Å². The van der Waals surface area contributed by atoms with Gasteiger partial charge in [0.15, 0.2) is 0 Å². The first-order valence-corrected chi connectivity index (χ1v) is 9.70. The van der Waals surface area contributed by atoms with Crippen molar-refractivity contribution in [2.24, 2.45) is 0 Å². The summed E-state index contributed by atoms with van der Waals surface area (Å²) in [6, 6.07) is 19.2. The van der Waals surface area contributed by atoms with Crippen LogP contribution in [0.15, 0.2) is 85.7 Å². The Balaban J connectivity index is 1.74. The second kappa shape index (κ2) is 7.81. The highest BCUT2D eigenvalue weighted by atomic mass is 32.1. The van der Waals surface area contributed by atoms with Gasteiger partial charge in [-0.2, -0.15) is 0 Å². The molecular formula is C23H16O4S2. The lowest BCUT2D eigenvalue weighted by molar-refractivity contribution is 0.0730. The summed E-state index contributed by atoms with van der Waals surface area (Å²) < 4.78 is 11.0. The number of carbonyl (C=O) groups is 1. The highest BCUT2D eigenvalue weighted by Gasteiger charge is 2.21. The summed E-state index contributed by atoms with van der Waals surface area (Å²) >= 11 is 8.63. The average molecular weight is 421 g/mol. The summed E-state index contributed by atoms with van der Waals surface area (Å²) in [5, 5.41) is 0. The molecule has 0 bridgehead atoms. The second-order valence-corrected chi connectivity index (χ2v) is 7.57. The number of esters is 1. The van der Waals surface area contributed by atoms with E-state index in [0.29, 0.717) is 27.3 Å². The lowest BCUT2D eigenvalue weighted by Gasteiger charge is -2.05. The number of rotatable bonds is 3. The highest BCUT2D eigenvalue weighted by molar-refractivity contribution is 7.80. The molecule has 0 aromatic heterocycles. The van der Waals surface area contributed by atoms with Crippen molar-refractivity contribution in [1.82, 2.24) is 0 Å². The number of benzene rings is 2. The van der Waals surface area contributed by atoms with Crippen LogP contribution in [0.3, 0.4) is 0 Å². The molecule has 0 unspecified atom stereocenters. The lowest BCUT2D eigenvalue weighted by atomic mass is 10.0. The Bertz CT molecular complexity index is 1230. The zero-order valence-electron chi connectivity index (χ0n) is 15.4. The van der Waals surface area contributed by atoms with Crippen LogP contribution in [0.1, 0.15) is 15.9 Å². The van der Waals surface area contributed by atoms with Crippen LogP contribution in [0.4, 0.5) is 0 Å². The summed E-state index contributed by atoms with van der Waals surface area (Å²) in [5.41, 5.74) is 2.87. The molecule has 0 amide bonds. The van der Waals surface area contributed by atoms with Crippen molar-refractivity contribution in [2.45, 2.75) is 16.7 Å². The van der Waals surface area contributed by atoms with Gasteiger partial charge in [0, 0.05) is 21.4 Å². The predicted octanol–water partition coefficient (Wildman–Crippen LogP) is 5.52. The van der Waals surface area contributed by atoms with Gasteiger partial charge in [-0.15, -0.1) is 25.3 Å². The maximum absolute atomic E-state index is 12.5. The summed E-state index contributed by atoms with van der Waals surface area (Å²) in [6.45, 7) is 1.98. The Morgan fingerprint density at radius 1 is 0.931 bits per heavy atom. The van der Waals surface area contributed by atoms with Crippen LogP contribution in [0.5, 0.6) is 5.75 Å². The van der Waals surface area contributed by atoms with Gasteiger partial charge in [0.25, 0.3) is 0 Å². The fourth-order valence-corrected chi connectivity index (χ4v) is 3.31. The van der Waals surface area contributed by atoms with Crippen LogP contribution in [-0.4, -0.2) is 5.97 Å².